The Balaban J connectivity index is 1.62. The second-order valence-corrected chi connectivity index (χ2v) is 10.5. The number of carbonyl (C=O) groups is 1. The van der Waals surface area contributed by atoms with Crippen LogP contribution in [-0.4, -0.2) is 34.5 Å². The molecule has 1 amide bonds. The van der Waals surface area contributed by atoms with E-state index in [1.54, 1.807) is 49.6 Å². The minimum atomic E-state index is -3.92. The molecule has 178 valence electrons. The van der Waals surface area contributed by atoms with E-state index in [0.717, 1.165) is 37.2 Å². The minimum absolute atomic E-state index is 0.130. The first-order valence-electron chi connectivity index (χ1n) is 11.0. The topological polar surface area (TPSA) is 87.7 Å². The van der Waals surface area contributed by atoms with Crippen LogP contribution in [0.15, 0.2) is 70.9 Å². The fraction of sp³-hybridized carbons (Fsp3) is 0.240. The molecular formula is C25H27N3O4S2. The minimum Gasteiger partial charge on any atom is -0.497 e. The number of carbonyl (C=O) groups excluding carboxylic acids is 1. The zero-order chi connectivity index (χ0) is 24.0. The summed E-state index contributed by atoms with van der Waals surface area (Å²) < 4.78 is 34.7. The van der Waals surface area contributed by atoms with Gasteiger partial charge >= 0.3 is 0 Å². The van der Waals surface area contributed by atoms with Crippen molar-refractivity contribution >= 4 is 50.4 Å². The van der Waals surface area contributed by atoms with Crippen molar-refractivity contribution in [3.8, 4) is 5.75 Å². The molecule has 1 aliphatic rings. The molecule has 0 saturated carbocycles. The van der Waals surface area contributed by atoms with Crippen molar-refractivity contribution in [1.29, 1.82) is 0 Å². The maximum absolute atomic E-state index is 13.4. The first-order valence-corrected chi connectivity index (χ1v) is 13.4. The normalized spacial score (nSPS) is 14.2. The van der Waals surface area contributed by atoms with Crippen LogP contribution in [0.2, 0.25) is 0 Å². The molecule has 2 heterocycles. The van der Waals surface area contributed by atoms with E-state index in [2.05, 4.69) is 14.9 Å². The Hall–Kier alpha value is -3.30. The summed E-state index contributed by atoms with van der Waals surface area (Å²) in [6.45, 7) is 1.58. The van der Waals surface area contributed by atoms with E-state index in [1.165, 1.54) is 23.5 Å². The number of hydrogen-bond donors (Lipinski definition) is 2. The van der Waals surface area contributed by atoms with Gasteiger partial charge in [0.15, 0.2) is 0 Å². The monoisotopic (exact) mass is 497 g/mol. The number of ether oxygens (including phenoxy) is 1. The van der Waals surface area contributed by atoms with Crippen molar-refractivity contribution in [2.75, 3.05) is 35.1 Å². The molecule has 2 N–H and O–H groups in total. The smallest absolute Gasteiger partial charge is 0.264 e. The van der Waals surface area contributed by atoms with Crippen LogP contribution in [0, 0.1) is 0 Å². The van der Waals surface area contributed by atoms with Crippen LogP contribution in [0.5, 0.6) is 5.75 Å². The van der Waals surface area contributed by atoms with Gasteiger partial charge in [-0.3, -0.25) is 9.52 Å². The molecule has 0 atom stereocenters. The summed E-state index contributed by atoms with van der Waals surface area (Å²) in [6.07, 6.45) is 6.32. The third-order valence-corrected chi connectivity index (χ3v) is 7.75. The Morgan fingerprint density at radius 3 is 2.44 bits per heavy atom. The molecule has 3 aromatic rings. The molecule has 9 heteroatoms. The largest absolute Gasteiger partial charge is 0.497 e. The van der Waals surface area contributed by atoms with Crippen molar-refractivity contribution in [1.82, 2.24) is 0 Å². The predicted molar refractivity (Wildman–Crippen MR) is 138 cm³/mol. The number of rotatable bonds is 8. The number of benzene rings is 2. The van der Waals surface area contributed by atoms with Crippen molar-refractivity contribution in [2.45, 2.75) is 24.2 Å². The average molecular weight is 498 g/mol. The van der Waals surface area contributed by atoms with Crippen molar-refractivity contribution in [3.05, 3.63) is 70.9 Å². The highest BCUT2D eigenvalue weighted by Gasteiger charge is 2.24. The van der Waals surface area contributed by atoms with Crippen LogP contribution < -0.4 is 19.7 Å². The van der Waals surface area contributed by atoms with E-state index >= 15 is 0 Å². The van der Waals surface area contributed by atoms with E-state index in [1.807, 2.05) is 17.5 Å². The summed E-state index contributed by atoms with van der Waals surface area (Å²) in [4.78, 5) is 15.6. The maximum Gasteiger partial charge on any atom is 0.264 e. The van der Waals surface area contributed by atoms with E-state index in [4.69, 9.17) is 4.74 Å². The summed E-state index contributed by atoms with van der Waals surface area (Å²) >= 11 is 1.53. The van der Waals surface area contributed by atoms with Gasteiger partial charge in [-0.2, -0.15) is 0 Å². The molecule has 1 saturated heterocycles. The van der Waals surface area contributed by atoms with Gasteiger partial charge in [0.05, 0.1) is 12.8 Å². The SMILES string of the molecule is COc1ccc(NS(=O)(=O)c2cc(NC(=O)C=Cc3cccs3)ccc2N2CCCCC2)cc1. The molecule has 0 aliphatic carbocycles. The molecule has 0 unspecified atom stereocenters. The highest BCUT2D eigenvalue weighted by atomic mass is 32.2. The number of thiophene rings is 1. The molecule has 34 heavy (non-hydrogen) atoms. The van der Waals surface area contributed by atoms with Gasteiger partial charge in [-0.1, -0.05) is 6.07 Å². The first-order chi connectivity index (χ1) is 16.4. The van der Waals surface area contributed by atoms with Gasteiger partial charge in [-0.15, -0.1) is 11.3 Å². The number of nitrogens with zero attached hydrogens (tertiary/aromatic N) is 1. The maximum atomic E-state index is 13.4. The summed E-state index contributed by atoms with van der Waals surface area (Å²) in [6, 6.07) is 15.5. The van der Waals surface area contributed by atoms with Gasteiger partial charge in [-0.25, -0.2) is 8.42 Å². The number of anilines is 3. The van der Waals surface area contributed by atoms with Crippen molar-refractivity contribution in [3.63, 3.8) is 0 Å². The fourth-order valence-corrected chi connectivity index (χ4v) is 5.73. The molecule has 0 spiro atoms. The summed E-state index contributed by atoms with van der Waals surface area (Å²) in [5.41, 5.74) is 1.48. The summed E-state index contributed by atoms with van der Waals surface area (Å²) in [5.74, 6) is 0.308. The summed E-state index contributed by atoms with van der Waals surface area (Å²) in [5, 5.41) is 4.71. The number of sulfonamides is 1. The van der Waals surface area contributed by atoms with Crippen LogP contribution in [0.1, 0.15) is 24.1 Å². The number of hydrogen-bond acceptors (Lipinski definition) is 6. The molecule has 0 radical (unpaired) electrons. The lowest BCUT2D eigenvalue weighted by molar-refractivity contribution is -0.111. The Bertz CT molecular complexity index is 1250. The van der Waals surface area contributed by atoms with Crippen LogP contribution in [0.4, 0.5) is 17.1 Å². The lowest BCUT2D eigenvalue weighted by Crippen LogP contribution is -2.31. The average Bonchev–Trinajstić information content (AvgIpc) is 3.37. The molecule has 1 fully saturated rings. The highest BCUT2D eigenvalue weighted by Crippen LogP contribution is 2.32. The van der Waals surface area contributed by atoms with E-state index in [-0.39, 0.29) is 10.8 Å². The molecule has 7 nitrogen and oxygen atoms in total. The number of nitrogens with one attached hydrogen (secondary N) is 2. The third kappa shape index (κ3) is 5.98. The van der Waals surface area contributed by atoms with Crippen molar-refractivity contribution in [2.24, 2.45) is 0 Å². The predicted octanol–water partition coefficient (Wildman–Crippen LogP) is 5.20. The Morgan fingerprint density at radius 2 is 1.76 bits per heavy atom. The zero-order valence-corrected chi connectivity index (χ0v) is 20.5. The lowest BCUT2D eigenvalue weighted by Gasteiger charge is -2.30. The number of amides is 1. The van der Waals surface area contributed by atoms with Gasteiger partial charge in [0.25, 0.3) is 10.0 Å². The van der Waals surface area contributed by atoms with E-state index < -0.39 is 10.0 Å². The van der Waals surface area contributed by atoms with Gasteiger partial charge in [0.2, 0.25) is 5.91 Å². The Morgan fingerprint density at radius 1 is 1.03 bits per heavy atom. The molecule has 1 aliphatic heterocycles. The summed E-state index contributed by atoms with van der Waals surface area (Å²) in [7, 11) is -2.36. The molecule has 2 aromatic carbocycles. The highest BCUT2D eigenvalue weighted by molar-refractivity contribution is 7.92. The molecule has 0 bridgehead atoms. The fourth-order valence-electron chi connectivity index (χ4n) is 3.80. The first kappa shape index (κ1) is 23.8. The van der Waals surface area contributed by atoms with E-state index in [0.29, 0.717) is 22.8 Å². The Labute approximate surface area is 204 Å². The number of piperidine rings is 1. The van der Waals surface area contributed by atoms with Crippen molar-refractivity contribution < 1.29 is 17.9 Å². The van der Waals surface area contributed by atoms with Crippen LogP contribution >= 0.6 is 11.3 Å². The van der Waals surface area contributed by atoms with Gasteiger partial charge < -0.3 is 15.0 Å². The van der Waals surface area contributed by atoms with Crippen LogP contribution in [-0.2, 0) is 14.8 Å². The molecular weight excluding hydrogens is 470 g/mol. The van der Waals surface area contributed by atoms with Crippen LogP contribution in [0.25, 0.3) is 6.08 Å². The Kier molecular flexibility index (Phi) is 7.54. The molecule has 4 rings (SSSR count). The zero-order valence-electron chi connectivity index (χ0n) is 18.9. The van der Waals surface area contributed by atoms with Gasteiger partial charge in [-0.05, 0) is 79.2 Å². The van der Waals surface area contributed by atoms with E-state index in [9.17, 15) is 13.2 Å². The standard InChI is InChI=1S/C25H27N3O4S2/c1-32-21-10-7-19(8-11-21)27-34(30,31)24-18-20(9-13-23(24)28-15-3-2-4-16-28)26-25(29)14-12-22-6-5-17-33-22/h5-14,17-18,27H,2-4,15-16H2,1H3,(H,26,29). The second kappa shape index (κ2) is 10.8. The van der Waals surface area contributed by atoms with Gasteiger partial charge in [0.1, 0.15) is 10.6 Å². The van der Waals surface area contributed by atoms with Gasteiger partial charge in [0, 0.05) is 35.4 Å². The van der Waals surface area contributed by atoms with Crippen LogP contribution in [0.3, 0.4) is 0 Å². The lowest BCUT2D eigenvalue weighted by atomic mass is 10.1. The quantitative estimate of drug-likeness (QED) is 0.418. The number of methoxy groups -OCH3 is 1. The third-order valence-electron chi connectivity index (χ3n) is 5.50. The second-order valence-electron chi connectivity index (χ2n) is 7.90. The molecule has 1 aromatic heterocycles.